The van der Waals surface area contributed by atoms with Gasteiger partial charge in [0.15, 0.2) is 15.7 Å². The Labute approximate surface area is 162 Å². The summed E-state index contributed by atoms with van der Waals surface area (Å²) in [6.07, 6.45) is 1.35. The summed E-state index contributed by atoms with van der Waals surface area (Å²) in [6, 6.07) is 4.40. The molecular formula is C17H21N3O7S. The van der Waals surface area contributed by atoms with Crippen LogP contribution in [-0.2, 0) is 21.2 Å². The number of hydrogen-bond acceptors (Lipinski definition) is 8. The minimum absolute atomic E-state index is 0.0684. The van der Waals surface area contributed by atoms with Crippen molar-refractivity contribution in [2.45, 2.75) is 30.4 Å². The van der Waals surface area contributed by atoms with Gasteiger partial charge in [-0.05, 0) is 31.0 Å². The number of ether oxygens (including phenoxy) is 2. The van der Waals surface area contributed by atoms with Gasteiger partial charge in [-0.3, -0.25) is 0 Å². The van der Waals surface area contributed by atoms with Gasteiger partial charge < -0.3 is 24.0 Å². The lowest BCUT2D eigenvalue weighted by atomic mass is 10.1. The number of carboxylic acid groups (broad SMARTS) is 1. The maximum Gasteiger partial charge on any atom is 0.407 e. The summed E-state index contributed by atoms with van der Waals surface area (Å²) in [5.74, 6) is 0.834. The normalized spacial score (nSPS) is 15.6. The Kier molecular flexibility index (Phi) is 5.84. The molecule has 0 bridgehead atoms. The fourth-order valence-corrected chi connectivity index (χ4v) is 3.54. The molecule has 0 atom stereocenters. The number of rotatable bonds is 6. The lowest BCUT2D eigenvalue weighted by Crippen LogP contribution is -2.40. The highest BCUT2D eigenvalue weighted by Gasteiger charge is 2.23. The highest BCUT2D eigenvalue weighted by atomic mass is 32.2. The molecule has 0 saturated carbocycles. The lowest BCUT2D eigenvalue weighted by Gasteiger charge is -2.29. The molecule has 1 aromatic carbocycles. The number of nitrogens with zero attached hydrogens (tertiary/aromatic N) is 3. The van der Waals surface area contributed by atoms with E-state index in [-0.39, 0.29) is 23.5 Å². The fraction of sp³-hybridized carbons (Fsp3) is 0.471. The number of sulfone groups is 1. The van der Waals surface area contributed by atoms with Crippen LogP contribution in [0.1, 0.15) is 18.7 Å². The molecule has 0 aliphatic carbocycles. The van der Waals surface area contributed by atoms with Gasteiger partial charge in [-0.2, -0.15) is 4.98 Å². The first kappa shape index (κ1) is 20.1. The largest absolute Gasteiger partial charge is 0.496 e. The topological polar surface area (TPSA) is 132 Å². The van der Waals surface area contributed by atoms with Gasteiger partial charge in [-0.1, -0.05) is 5.16 Å². The number of amides is 1. The number of carbonyl (C=O) groups is 1. The lowest BCUT2D eigenvalue weighted by molar-refractivity contribution is -0.00295. The molecule has 10 nitrogen and oxygen atoms in total. The van der Waals surface area contributed by atoms with Crippen molar-refractivity contribution in [3.8, 4) is 17.2 Å². The van der Waals surface area contributed by atoms with Crippen molar-refractivity contribution in [3.05, 3.63) is 24.0 Å². The molecule has 1 amide bonds. The summed E-state index contributed by atoms with van der Waals surface area (Å²) in [4.78, 5) is 16.7. The first-order chi connectivity index (χ1) is 13.3. The van der Waals surface area contributed by atoms with Crippen molar-refractivity contribution in [3.63, 3.8) is 0 Å². The van der Waals surface area contributed by atoms with Crippen LogP contribution < -0.4 is 4.74 Å². The average Bonchev–Trinajstić information content (AvgIpc) is 3.14. The van der Waals surface area contributed by atoms with Crippen LogP contribution in [0, 0.1) is 0 Å². The van der Waals surface area contributed by atoms with E-state index in [1.165, 1.54) is 24.1 Å². The monoisotopic (exact) mass is 411 g/mol. The molecule has 3 rings (SSSR count). The SMILES string of the molecule is COc1cc(S(C)(=O)=O)ccc1-c1nc(COC2CCN(C(=O)O)CC2)no1. The van der Waals surface area contributed by atoms with E-state index in [9.17, 15) is 13.2 Å². The molecular weight excluding hydrogens is 390 g/mol. The minimum Gasteiger partial charge on any atom is -0.496 e. The molecule has 0 unspecified atom stereocenters. The Bertz CT molecular complexity index is 949. The zero-order valence-electron chi connectivity index (χ0n) is 15.5. The van der Waals surface area contributed by atoms with E-state index < -0.39 is 15.9 Å². The summed E-state index contributed by atoms with van der Waals surface area (Å²) in [6.45, 7) is 0.994. The van der Waals surface area contributed by atoms with Crippen molar-refractivity contribution in [1.29, 1.82) is 0 Å². The Morgan fingerprint density at radius 3 is 2.68 bits per heavy atom. The highest BCUT2D eigenvalue weighted by Crippen LogP contribution is 2.31. The molecule has 0 spiro atoms. The molecule has 28 heavy (non-hydrogen) atoms. The first-order valence-corrected chi connectivity index (χ1v) is 10.5. The molecule has 2 aromatic rings. The Hall–Kier alpha value is -2.66. The van der Waals surface area contributed by atoms with Gasteiger partial charge in [-0.15, -0.1) is 0 Å². The van der Waals surface area contributed by atoms with Crippen LogP contribution in [0.2, 0.25) is 0 Å². The smallest absolute Gasteiger partial charge is 0.407 e. The molecule has 1 aliphatic heterocycles. The third-order valence-electron chi connectivity index (χ3n) is 4.46. The van der Waals surface area contributed by atoms with Gasteiger partial charge in [0.1, 0.15) is 12.4 Å². The molecule has 1 aliphatic rings. The van der Waals surface area contributed by atoms with Crippen LogP contribution in [0.5, 0.6) is 5.75 Å². The second kappa shape index (κ2) is 8.15. The predicted octanol–water partition coefficient (Wildman–Crippen LogP) is 1.81. The van der Waals surface area contributed by atoms with Crippen LogP contribution in [0.4, 0.5) is 4.79 Å². The summed E-state index contributed by atoms with van der Waals surface area (Å²) in [5, 5.41) is 12.8. The zero-order valence-corrected chi connectivity index (χ0v) is 16.3. The Morgan fingerprint density at radius 2 is 2.07 bits per heavy atom. The molecule has 1 aromatic heterocycles. The van der Waals surface area contributed by atoms with Gasteiger partial charge in [0.2, 0.25) is 0 Å². The van der Waals surface area contributed by atoms with Crippen LogP contribution in [0.15, 0.2) is 27.6 Å². The van der Waals surface area contributed by atoms with Gasteiger partial charge in [0.25, 0.3) is 5.89 Å². The van der Waals surface area contributed by atoms with Gasteiger partial charge in [0, 0.05) is 19.3 Å². The molecule has 0 radical (unpaired) electrons. The molecule has 152 valence electrons. The number of likely N-dealkylation sites (tertiary alicyclic amines) is 1. The number of methoxy groups -OCH3 is 1. The molecule has 1 N–H and O–H groups in total. The quantitative estimate of drug-likeness (QED) is 0.755. The van der Waals surface area contributed by atoms with Crippen molar-refractivity contribution >= 4 is 15.9 Å². The van der Waals surface area contributed by atoms with E-state index in [4.69, 9.17) is 19.1 Å². The Morgan fingerprint density at radius 1 is 1.36 bits per heavy atom. The number of benzene rings is 1. The summed E-state index contributed by atoms with van der Waals surface area (Å²) >= 11 is 0. The van der Waals surface area contributed by atoms with E-state index in [1.54, 1.807) is 6.07 Å². The van der Waals surface area contributed by atoms with Crippen LogP contribution >= 0.6 is 0 Å². The summed E-state index contributed by atoms with van der Waals surface area (Å²) in [7, 11) is -1.94. The van der Waals surface area contributed by atoms with Crippen LogP contribution in [-0.4, -0.2) is 67.2 Å². The van der Waals surface area contributed by atoms with Gasteiger partial charge in [-0.25, -0.2) is 13.2 Å². The van der Waals surface area contributed by atoms with Crippen LogP contribution in [0.3, 0.4) is 0 Å². The first-order valence-electron chi connectivity index (χ1n) is 8.58. The second-order valence-electron chi connectivity index (χ2n) is 6.43. The van der Waals surface area contributed by atoms with Crippen LogP contribution in [0.25, 0.3) is 11.5 Å². The minimum atomic E-state index is -3.37. The predicted molar refractivity (Wildman–Crippen MR) is 96.8 cm³/mol. The standard InChI is InChI=1S/C17H21N3O7S/c1-25-14-9-12(28(2,23)24)3-4-13(14)16-18-15(19-27-16)10-26-11-5-7-20(8-6-11)17(21)22/h3-4,9,11H,5-8,10H2,1-2H3,(H,21,22). The van der Waals surface area contributed by atoms with Crippen molar-refractivity contribution in [1.82, 2.24) is 15.0 Å². The number of hydrogen-bond donors (Lipinski definition) is 1. The maximum atomic E-state index is 11.7. The van der Waals surface area contributed by atoms with E-state index in [0.29, 0.717) is 43.1 Å². The van der Waals surface area contributed by atoms with Gasteiger partial charge >= 0.3 is 6.09 Å². The summed E-state index contributed by atoms with van der Waals surface area (Å²) in [5.41, 5.74) is 0.475. The second-order valence-corrected chi connectivity index (χ2v) is 8.45. The van der Waals surface area contributed by atoms with Crippen molar-refractivity contribution in [2.75, 3.05) is 26.5 Å². The molecule has 1 saturated heterocycles. The van der Waals surface area contributed by atoms with E-state index in [1.807, 2.05) is 0 Å². The molecule has 11 heteroatoms. The zero-order chi connectivity index (χ0) is 20.3. The third-order valence-corrected chi connectivity index (χ3v) is 5.57. The van der Waals surface area contributed by atoms with E-state index >= 15 is 0 Å². The van der Waals surface area contributed by atoms with Crippen molar-refractivity contribution in [2.24, 2.45) is 0 Å². The number of piperidine rings is 1. The molecule has 2 heterocycles. The van der Waals surface area contributed by atoms with Gasteiger partial charge in [0.05, 0.1) is 23.7 Å². The van der Waals surface area contributed by atoms with E-state index in [2.05, 4.69) is 10.1 Å². The van der Waals surface area contributed by atoms with E-state index in [0.717, 1.165) is 6.26 Å². The third kappa shape index (κ3) is 4.60. The highest BCUT2D eigenvalue weighted by molar-refractivity contribution is 7.90. The van der Waals surface area contributed by atoms with Crippen molar-refractivity contribution < 1.29 is 32.3 Å². The Balaban J connectivity index is 1.65. The maximum absolute atomic E-state index is 11.7. The fourth-order valence-electron chi connectivity index (χ4n) is 2.91. The molecule has 1 fully saturated rings. The average molecular weight is 411 g/mol. The number of aromatic nitrogens is 2. The summed E-state index contributed by atoms with van der Waals surface area (Å²) < 4.78 is 39.6.